The van der Waals surface area contributed by atoms with Gasteiger partial charge in [-0.15, -0.1) is 0 Å². The highest BCUT2D eigenvalue weighted by Gasteiger charge is 2.26. The minimum absolute atomic E-state index is 0.114. The van der Waals surface area contributed by atoms with Crippen molar-refractivity contribution >= 4 is 5.91 Å². The first-order valence-electron chi connectivity index (χ1n) is 8.02. The van der Waals surface area contributed by atoms with E-state index in [0.29, 0.717) is 11.6 Å². The number of benzene rings is 2. The summed E-state index contributed by atoms with van der Waals surface area (Å²) in [6, 6.07) is 15.9. The van der Waals surface area contributed by atoms with Crippen molar-refractivity contribution in [1.29, 1.82) is 5.26 Å². The molecule has 0 saturated carbocycles. The summed E-state index contributed by atoms with van der Waals surface area (Å²) >= 11 is 0. The molecule has 1 unspecified atom stereocenters. The Balaban J connectivity index is 1.94. The topological polar surface area (TPSA) is 44.1 Å². The summed E-state index contributed by atoms with van der Waals surface area (Å²) in [5.41, 5.74) is 4.52. The number of carbonyl (C=O) groups excluding carboxylic acids is 1. The van der Waals surface area contributed by atoms with Crippen molar-refractivity contribution in [3.63, 3.8) is 0 Å². The van der Waals surface area contributed by atoms with Crippen molar-refractivity contribution in [2.45, 2.75) is 32.7 Å². The van der Waals surface area contributed by atoms with Gasteiger partial charge in [0.1, 0.15) is 0 Å². The highest BCUT2D eigenvalue weighted by Crippen LogP contribution is 2.26. The molecule has 1 amide bonds. The van der Waals surface area contributed by atoms with Crippen LogP contribution in [0.15, 0.2) is 42.5 Å². The first kappa shape index (κ1) is 15.3. The smallest absolute Gasteiger partial charge is 0.254 e. The van der Waals surface area contributed by atoms with Crippen LogP contribution in [0.4, 0.5) is 0 Å². The fraction of sp³-hybridized carbons (Fsp3) is 0.300. The van der Waals surface area contributed by atoms with E-state index < -0.39 is 0 Å². The minimum Gasteiger partial charge on any atom is -0.336 e. The lowest BCUT2D eigenvalue weighted by molar-refractivity contribution is 0.0747. The van der Waals surface area contributed by atoms with Crippen molar-refractivity contribution in [2.24, 2.45) is 0 Å². The van der Waals surface area contributed by atoms with E-state index in [1.807, 2.05) is 54.3 Å². The molecule has 0 spiro atoms. The maximum Gasteiger partial charge on any atom is 0.254 e. The normalized spacial score (nSPS) is 17.1. The number of nitrogens with zero attached hydrogens (tertiary/aromatic N) is 2. The maximum atomic E-state index is 12.7. The third-order valence-corrected chi connectivity index (χ3v) is 4.59. The Morgan fingerprint density at radius 3 is 2.74 bits per heavy atom. The fourth-order valence-corrected chi connectivity index (χ4v) is 3.28. The Labute approximate surface area is 137 Å². The van der Waals surface area contributed by atoms with Gasteiger partial charge in [-0.1, -0.05) is 18.2 Å². The largest absolute Gasteiger partial charge is 0.336 e. The fourth-order valence-electron chi connectivity index (χ4n) is 3.28. The highest BCUT2D eigenvalue weighted by atomic mass is 16.2. The molecule has 3 rings (SSSR count). The molecule has 1 heterocycles. The lowest BCUT2D eigenvalue weighted by Crippen LogP contribution is -2.33. The molecule has 0 aromatic heterocycles. The lowest BCUT2D eigenvalue weighted by Gasteiger charge is -2.21. The van der Waals surface area contributed by atoms with Gasteiger partial charge in [0.15, 0.2) is 0 Å². The van der Waals surface area contributed by atoms with Crippen LogP contribution in [-0.2, 0) is 0 Å². The molecule has 116 valence electrons. The van der Waals surface area contributed by atoms with Gasteiger partial charge in [0.25, 0.3) is 5.91 Å². The van der Waals surface area contributed by atoms with Crippen molar-refractivity contribution in [3.8, 4) is 17.2 Å². The summed E-state index contributed by atoms with van der Waals surface area (Å²) in [5.74, 6) is 0.114. The Morgan fingerprint density at radius 2 is 2.09 bits per heavy atom. The Bertz CT molecular complexity index is 788. The monoisotopic (exact) mass is 304 g/mol. The molecule has 0 bridgehead atoms. The molecule has 3 heteroatoms. The van der Waals surface area contributed by atoms with Gasteiger partial charge in [-0.05, 0) is 67.6 Å². The number of nitriles is 1. The van der Waals surface area contributed by atoms with Gasteiger partial charge in [0.05, 0.1) is 11.6 Å². The number of hydrogen-bond acceptors (Lipinski definition) is 2. The number of likely N-dealkylation sites (tertiary alicyclic amines) is 1. The van der Waals surface area contributed by atoms with Gasteiger partial charge in [0.2, 0.25) is 0 Å². The van der Waals surface area contributed by atoms with Gasteiger partial charge in [-0.3, -0.25) is 4.79 Å². The van der Waals surface area contributed by atoms with Crippen LogP contribution in [0.3, 0.4) is 0 Å². The molecule has 0 aliphatic carbocycles. The summed E-state index contributed by atoms with van der Waals surface area (Å²) in [4.78, 5) is 14.7. The number of hydrogen-bond donors (Lipinski definition) is 0. The summed E-state index contributed by atoms with van der Waals surface area (Å²) in [6.07, 6.45) is 2.17. The van der Waals surface area contributed by atoms with Crippen LogP contribution < -0.4 is 0 Å². The average Bonchev–Trinajstić information content (AvgIpc) is 3.00. The van der Waals surface area contributed by atoms with E-state index in [2.05, 4.69) is 13.0 Å². The second kappa shape index (κ2) is 6.26. The number of aryl methyl sites for hydroxylation is 1. The van der Waals surface area contributed by atoms with Gasteiger partial charge in [-0.2, -0.15) is 5.26 Å². The molecule has 3 nitrogen and oxygen atoms in total. The van der Waals surface area contributed by atoms with Crippen LogP contribution in [0.25, 0.3) is 11.1 Å². The van der Waals surface area contributed by atoms with E-state index in [-0.39, 0.29) is 5.91 Å². The molecular weight excluding hydrogens is 284 g/mol. The van der Waals surface area contributed by atoms with E-state index in [1.54, 1.807) is 0 Å². The lowest BCUT2D eigenvalue weighted by atomic mass is 9.97. The van der Waals surface area contributed by atoms with Crippen LogP contribution >= 0.6 is 0 Å². The molecule has 0 radical (unpaired) electrons. The van der Waals surface area contributed by atoms with Gasteiger partial charge >= 0.3 is 0 Å². The molecule has 1 saturated heterocycles. The van der Waals surface area contributed by atoms with Gasteiger partial charge < -0.3 is 4.90 Å². The van der Waals surface area contributed by atoms with Crippen molar-refractivity contribution < 1.29 is 4.79 Å². The standard InChI is InChI=1S/C20H20N2O/c1-14-11-16(13-21)8-9-19(14)17-6-3-7-18(12-17)20(23)22-10-4-5-15(22)2/h3,6-9,11-12,15H,4-5,10H2,1-2H3. The van der Waals surface area contributed by atoms with Crippen LogP contribution in [0.5, 0.6) is 0 Å². The van der Waals surface area contributed by atoms with Gasteiger partial charge in [0, 0.05) is 18.2 Å². The molecule has 1 atom stereocenters. The van der Waals surface area contributed by atoms with E-state index >= 15 is 0 Å². The Morgan fingerprint density at radius 1 is 1.26 bits per heavy atom. The van der Waals surface area contributed by atoms with Crippen LogP contribution in [0, 0.1) is 18.3 Å². The second-order valence-electron chi connectivity index (χ2n) is 6.21. The first-order valence-corrected chi connectivity index (χ1v) is 8.02. The van der Waals surface area contributed by atoms with Crippen molar-refractivity contribution in [1.82, 2.24) is 4.90 Å². The molecular formula is C20H20N2O. The van der Waals surface area contributed by atoms with Crippen LogP contribution in [0.2, 0.25) is 0 Å². The summed E-state index contributed by atoms with van der Waals surface area (Å²) in [7, 11) is 0. The highest BCUT2D eigenvalue weighted by molar-refractivity contribution is 5.96. The summed E-state index contributed by atoms with van der Waals surface area (Å²) in [5, 5.41) is 8.99. The summed E-state index contributed by atoms with van der Waals surface area (Å²) < 4.78 is 0. The predicted octanol–water partition coefficient (Wildman–Crippen LogP) is 4.16. The molecule has 2 aromatic carbocycles. The zero-order valence-electron chi connectivity index (χ0n) is 13.5. The summed E-state index contributed by atoms with van der Waals surface area (Å²) in [6.45, 7) is 4.95. The van der Waals surface area contributed by atoms with E-state index in [1.165, 1.54) is 0 Å². The van der Waals surface area contributed by atoms with Crippen molar-refractivity contribution in [2.75, 3.05) is 6.54 Å². The molecule has 2 aromatic rings. The third kappa shape index (κ3) is 2.98. The van der Waals surface area contributed by atoms with Crippen LogP contribution in [0.1, 0.15) is 41.3 Å². The second-order valence-corrected chi connectivity index (χ2v) is 6.21. The number of rotatable bonds is 2. The Hall–Kier alpha value is -2.60. The predicted molar refractivity (Wildman–Crippen MR) is 91.1 cm³/mol. The third-order valence-electron chi connectivity index (χ3n) is 4.59. The van der Waals surface area contributed by atoms with E-state index in [4.69, 9.17) is 5.26 Å². The first-order chi connectivity index (χ1) is 11.1. The van der Waals surface area contributed by atoms with Crippen molar-refractivity contribution in [3.05, 3.63) is 59.2 Å². The number of amides is 1. The van der Waals surface area contributed by atoms with Crippen LogP contribution in [-0.4, -0.2) is 23.4 Å². The molecule has 1 aliphatic rings. The van der Waals surface area contributed by atoms with Gasteiger partial charge in [-0.25, -0.2) is 0 Å². The average molecular weight is 304 g/mol. The molecule has 23 heavy (non-hydrogen) atoms. The molecule has 1 fully saturated rings. The zero-order valence-corrected chi connectivity index (χ0v) is 13.5. The zero-order chi connectivity index (χ0) is 16.4. The molecule has 0 N–H and O–H groups in total. The van der Waals surface area contributed by atoms with E-state index in [0.717, 1.165) is 41.6 Å². The quantitative estimate of drug-likeness (QED) is 0.836. The van der Waals surface area contributed by atoms with E-state index in [9.17, 15) is 4.79 Å². The SMILES string of the molecule is Cc1cc(C#N)ccc1-c1cccc(C(=O)N2CCCC2C)c1. The number of carbonyl (C=O) groups is 1. The Kier molecular flexibility index (Phi) is 4.16. The molecule has 1 aliphatic heterocycles. The minimum atomic E-state index is 0.114. The maximum absolute atomic E-state index is 12.7.